The van der Waals surface area contributed by atoms with E-state index in [9.17, 15) is 9.59 Å². The number of nitrogens with zero attached hydrogens (tertiary/aromatic N) is 1. The van der Waals surface area contributed by atoms with Gasteiger partial charge in [-0.3, -0.25) is 0 Å². The van der Waals surface area contributed by atoms with Gasteiger partial charge >= 0.3 is 12.0 Å². The zero-order valence-electron chi connectivity index (χ0n) is 11.4. The Bertz CT molecular complexity index is 505. The van der Waals surface area contributed by atoms with Gasteiger partial charge in [0.2, 0.25) is 0 Å². The molecule has 0 bridgehead atoms. The Balaban J connectivity index is 2.86. The fourth-order valence-corrected chi connectivity index (χ4v) is 1.70. The number of nitrogens with one attached hydrogen (secondary N) is 2. The summed E-state index contributed by atoms with van der Waals surface area (Å²) in [6, 6.07) is 1.25. The van der Waals surface area contributed by atoms with Crippen LogP contribution in [0, 0.1) is 6.92 Å². The largest absolute Gasteiger partial charge is 0.477 e. The SMILES string of the molecule is C=C(C)CN(CC)C(=O)Nc1cc(C)[nH]c1C(=O)O. The molecule has 0 aliphatic heterocycles. The number of carbonyl (C=O) groups is 2. The van der Waals surface area contributed by atoms with Gasteiger partial charge in [-0.05, 0) is 26.8 Å². The van der Waals surface area contributed by atoms with Crippen molar-refractivity contribution in [2.45, 2.75) is 20.8 Å². The van der Waals surface area contributed by atoms with Gasteiger partial charge in [-0.1, -0.05) is 12.2 Å². The lowest BCUT2D eigenvalue weighted by Crippen LogP contribution is -2.36. The van der Waals surface area contributed by atoms with Gasteiger partial charge in [-0.2, -0.15) is 0 Å². The van der Waals surface area contributed by atoms with Crippen molar-refractivity contribution in [3.8, 4) is 0 Å². The Morgan fingerprint density at radius 3 is 2.63 bits per heavy atom. The van der Waals surface area contributed by atoms with Gasteiger partial charge < -0.3 is 20.3 Å². The van der Waals surface area contributed by atoms with Crippen LogP contribution < -0.4 is 5.32 Å². The predicted octanol–water partition coefficient (Wildman–Crippen LogP) is 2.45. The molecule has 0 fully saturated rings. The molecular formula is C13H19N3O3. The van der Waals surface area contributed by atoms with Crippen LogP contribution in [0.3, 0.4) is 0 Å². The monoisotopic (exact) mass is 265 g/mol. The summed E-state index contributed by atoms with van der Waals surface area (Å²) in [6.45, 7) is 10.1. The van der Waals surface area contributed by atoms with E-state index in [0.29, 0.717) is 18.8 Å². The van der Waals surface area contributed by atoms with E-state index in [1.807, 2.05) is 13.8 Å². The first-order chi connectivity index (χ1) is 8.85. The molecule has 0 aliphatic carbocycles. The number of aromatic nitrogens is 1. The third kappa shape index (κ3) is 3.87. The second kappa shape index (κ2) is 6.08. The van der Waals surface area contributed by atoms with Crippen LogP contribution in [0.25, 0.3) is 0 Å². The maximum absolute atomic E-state index is 12.0. The fraction of sp³-hybridized carbons (Fsp3) is 0.385. The summed E-state index contributed by atoms with van der Waals surface area (Å²) < 4.78 is 0. The predicted molar refractivity (Wildman–Crippen MR) is 73.6 cm³/mol. The minimum atomic E-state index is -1.11. The fourth-order valence-electron chi connectivity index (χ4n) is 1.70. The average Bonchev–Trinajstić information content (AvgIpc) is 2.66. The number of likely N-dealkylation sites (N-methyl/N-ethyl adjacent to an activating group) is 1. The molecule has 0 radical (unpaired) electrons. The van der Waals surface area contributed by atoms with E-state index in [1.165, 1.54) is 0 Å². The maximum atomic E-state index is 12.0. The van der Waals surface area contributed by atoms with E-state index < -0.39 is 5.97 Å². The molecule has 0 atom stereocenters. The molecule has 0 saturated heterocycles. The van der Waals surface area contributed by atoms with E-state index in [4.69, 9.17) is 5.11 Å². The smallest absolute Gasteiger partial charge is 0.354 e. The molecule has 1 rings (SSSR count). The summed E-state index contributed by atoms with van der Waals surface area (Å²) in [6.07, 6.45) is 0. The summed E-state index contributed by atoms with van der Waals surface area (Å²) >= 11 is 0. The van der Waals surface area contributed by atoms with E-state index in [0.717, 1.165) is 5.57 Å². The molecule has 3 N–H and O–H groups in total. The van der Waals surface area contributed by atoms with Crippen molar-refractivity contribution >= 4 is 17.7 Å². The first kappa shape index (κ1) is 14.8. The second-order valence-corrected chi connectivity index (χ2v) is 4.45. The normalized spacial score (nSPS) is 10.1. The molecule has 0 aromatic carbocycles. The van der Waals surface area contributed by atoms with E-state index in [1.54, 1.807) is 17.9 Å². The number of aromatic amines is 1. The van der Waals surface area contributed by atoms with Crippen LogP contribution in [0.5, 0.6) is 0 Å². The summed E-state index contributed by atoms with van der Waals surface area (Å²) in [5.41, 5.74) is 1.80. The van der Waals surface area contributed by atoms with Crippen LogP contribution in [-0.2, 0) is 0 Å². The molecule has 2 amide bonds. The standard InChI is InChI=1S/C13H19N3O3/c1-5-16(7-8(2)3)13(19)15-10-6-9(4)14-11(10)12(17)18/h6,14H,2,5,7H2,1,3-4H3,(H,15,19)(H,17,18). The first-order valence-electron chi connectivity index (χ1n) is 5.98. The summed E-state index contributed by atoms with van der Waals surface area (Å²) in [7, 11) is 0. The third-order valence-electron chi connectivity index (χ3n) is 2.54. The van der Waals surface area contributed by atoms with Crippen molar-refractivity contribution in [2.75, 3.05) is 18.4 Å². The average molecular weight is 265 g/mol. The number of carboxylic acid groups (broad SMARTS) is 1. The highest BCUT2D eigenvalue weighted by Crippen LogP contribution is 2.17. The van der Waals surface area contributed by atoms with E-state index >= 15 is 0 Å². The number of aromatic carboxylic acids is 1. The Labute approximate surface area is 112 Å². The number of carbonyl (C=O) groups excluding carboxylic acids is 1. The molecule has 1 aromatic rings. The quantitative estimate of drug-likeness (QED) is 0.715. The van der Waals surface area contributed by atoms with Gasteiger partial charge in [0, 0.05) is 18.8 Å². The van der Waals surface area contributed by atoms with Crippen molar-refractivity contribution in [2.24, 2.45) is 0 Å². The summed E-state index contributed by atoms with van der Waals surface area (Å²) in [5.74, 6) is -1.11. The number of H-pyrrole nitrogens is 1. The van der Waals surface area contributed by atoms with Crippen LogP contribution in [-0.4, -0.2) is 40.1 Å². The molecule has 6 heteroatoms. The number of carboxylic acids is 1. The highest BCUT2D eigenvalue weighted by Gasteiger charge is 2.18. The van der Waals surface area contributed by atoms with Gasteiger partial charge in [0.25, 0.3) is 0 Å². The van der Waals surface area contributed by atoms with Crippen LogP contribution in [0.2, 0.25) is 0 Å². The zero-order chi connectivity index (χ0) is 14.6. The van der Waals surface area contributed by atoms with Gasteiger partial charge in [0.1, 0.15) is 5.69 Å². The zero-order valence-corrected chi connectivity index (χ0v) is 11.4. The highest BCUT2D eigenvalue weighted by molar-refractivity contribution is 5.99. The van der Waals surface area contributed by atoms with Crippen molar-refractivity contribution in [3.63, 3.8) is 0 Å². The number of hydrogen-bond acceptors (Lipinski definition) is 2. The maximum Gasteiger partial charge on any atom is 0.354 e. The molecule has 6 nitrogen and oxygen atoms in total. The van der Waals surface area contributed by atoms with Crippen LogP contribution in [0.4, 0.5) is 10.5 Å². The summed E-state index contributed by atoms with van der Waals surface area (Å²) in [5, 5.41) is 11.6. The van der Waals surface area contributed by atoms with Crippen molar-refractivity contribution in [1.29, 1.82) is 0 Å². The Kier molecular flexibility index (Phi) is 4.74. The van der Waals surface area contributed by atoms with Gasteiger partial charge in [-0.25, -0.2) is 9.59 Å². The minimum Gasteiger partial charge on any atom is -0.477 e. The molecule has 19 heavy (non-hydrogen) atoms. The highest BCUT2D eigenvalue weighted by atomic mass is 16.4. The molecule has 0 unspecified atom stereocenters. The number of hydrogen-bond donors (Lipinski definition) is 3. The number of rotatable bonds is 5. The van der Waals surface area contributed by atoms with Crippen molar-refractivity contribution in [1.82, 2.24) is 9.88 Å². The first-order valence-corrected chi connectivity index (χ1v) is 5.98. The second-order valence-electron chi connectivity index (χ2n) is 4.45. The van der Waals surface area contributed by atoms with E-state index in [2.05, 4.69) is 16.9 Å². The number of anilines is 1. The molecule has 1 aromatic heterocycles. The van der Waals surface area contributed by atoms with Crippen LogP contribution in [0.15, 0.2) is 18.2 Å². The van der Waals surface area contributed by atoms with Crippen LogP contribution >= 0.6 is 0 Å². The molecule has 1 heterocycles. The number of urea groups is 1. The van der Waals surface area contributed by atoms with Gasteiger partial charge in [-0.15, -0.1) is 0 Å². The lowest BCUT2D eigenvalue weighted by Gasteiger charge is -2.21. The molecule has 0 saturated carbocycles. The third-order valence-corrected chi connectivity index (χ3v) is 2.54. The van der Waals surface area contributed by atoms with Crippen molar-refractivity contribution < 1.29 is 14.7 Å². The lowest BCUT2D eigenvalue weighted by molar-refractivity contribution is 0.0692. The molecule has 0 aliphatic rings. The molecule has 0 spiro atoms. The van der Waals surface area contributed by atoms with Crippen molar-refractivity contribution in [3.05, 3.63) is 29.6 Å². The Hall–Kier alpha value is -2.24. The molecule has 104 valence electrons. The number of amides is 2. The van der Waals surface area contributed by atoms with Gasteiger partial charge in [0.05, 0.1) is 5.69 Å². The van der Waals surface area contributed by atoms with E-state index in [-0.39, 0.29) is 17.4 Å². The lowest BCUT2D eigenvalue weighted by atomic mass is 10.3. The minimum absolute atomic E-state index is 0.0165. The Morgan fingerprint density at radius 2 is 2.16 bits per heavy atom. The topological polar surface area (TPSA) is 85.4 Å². The van der Waals surface area contributed by atoms with Gasteiger partial charge in [0.15, 0.2) is 0 Å². The molecular weight excluding hydrogens is 246 g/mol. The van der Waals surface area contributed by atoms with Crippen LogP contribution in [0.1, 0.15) is 30.0 Å². The number of aryl methyl sites for hydroxylation is 1. The summed E-state index contributed by atoms with van der Waals surface area (Å²) in [4.78, 5) is 27.3. The Morgan fingerprint density at radius 1 is 1.53 bits per heavy atom.